The minimum Gasteiger partial charge on any atom is -0.393 e. The lowest BCUT2D eigenvalue weighted by molar-refractivity contribution is -0.141. The van der Waals surface area contributed by atoms with E-state index >= 15 is 0 Å². The first kappa shape index (κ1) is 42.0. The summed E-state index contributed by atoms with van der Waals surface area (Å²) in [5.41, 5.74) is 4.68. The van der Waals surface area contributed by atoms with Crippen LogP contribution in [0.5, 0.6) is 0 Å². The highest BCUT2D eigenvalue weighted by Crippen LogP contribution is 2.32. The average molecular weight is 775 g/mol. The molecule has 1 aromatic carbocycles. The first-order valence-electron chi connectivity index (χ1n) is 17.7. The largest absolute Gasteiger partial charge is 0.393 e. The molecule has 8 atom stereocenters. The van der Waals surface area contributed by atoms with E-state index in [0.717, 1.165) is 0 Å². The lowest BCUT2D eigenvalue weighted by Crippen LogP contribution is -2.60. The van der Waals surface area contributed by atoms with Crippen LogP contribution < -0.4 is 32.3 Å². The second-order valence-electron chi connectivity index (χ2n) is 14.2. The molecule has 3 heterocycles. The van der Waals surface area contributed by atoms with Crippen LogP contribution in [0.3, 0.4) is 0 Å². The fraction of sp³-hybridized carbons (Fsp3) is 0.571. The number of carbonyl (C=O) groups is 7. The molecule has 0 bridgehead atoms. The number of nitrogens with two attached hydrogens (primary N) is 1. The van der Waals surface area contributed by atoms with Crippen molar-refractivity contribution in [2.75, 3.05) is 18.9 Å². The Morgan fingerprint density at radius 3 is 2.46 bits per heavy atom. The van der Waals surface area contributed by atoms with Crippen molar-refractivity contribution in [1.82, 2.24) is 36.5 Å². The molecule has 19 heteroatoms. The Kier molecular flexibility index (Phi) is 14.1. The zero-order chi connectivity index (χ0) is 39.9. The van der Waals surface area contributed by atoms with Gasteiger partial charge in [0.15, 0.2) is 0 Å². The van der Waals surface area contributed by atoms with E-state index in [1.54, 1.807) is 24.3 Å². The number of para-hydroxylation sites is 1. The van der Waals surface area contributed by atoms with Gasteiger partial charge in [-0.15, -0.1) is 11.8 Å². The van der Waals surface area contributed by atoms with Crippen LogP contribution in [0.2, 0.25) is 0 Å². The predicted octanol–water partition coefficient (Wildman–Crippen LogP) is -2.34. The van der Waals surface area contributed by atoms with Crippen molar-refractivity contribution in [1.29, 1.82) is 0 Å². The van der Waals surface area contributed by atoms with Crippen LogP contribution in [0.4, 0.5) is 0 Å². The molecule has 0 radical (unpaired) electrons. The number of primary amides is 1. The molecule has 296 valence electrons. The number of aromatic nitrogens is 1. The third kappa shape index (κ3) is 10.7. The van der Waals surface area contributed by atoms with E-state index in [2.05, 4.69) is 31.6 Å². The van der Waals surface area contributed by atoms with Crippen LogP contribution in [0, 0.1) is 0 Å². The first-order valence-corrected chi connectivity index (χ1v) is 18.7. The molecule has 11 N–H and O–H groups in total. The number of benzene rings is 1. The van der Waals surface area contributed by atoms with Crippen molar-refractivity contribution in [3.8, 4) is 0 Å². The normalized spacial score (nSPS) is 23.9. The monoisotopic (exact) mass is 774 g/mol. The van der Waals surface area contributed by atoms with E-state index in [4.69, 9.17) is 5.73 Å². The van der Waals surface area contributed by atoms with Crippen molar-refractivity contribution in [3.05, 3.63) is 29.8 Å². The molecule has 1 fully saturated rings. The summed E-state index contributed by atoms with van der Waals surface area (Å²) in [6.45, 7) is 4.90. The number of nitrogens with one attached hydrogen (secondary N) is 6. The molecule has 18 nitrogen and oxygen atoms in total. The fourth-order valence-electron chi connectivity index (χ4n) is 6.32. The minimum atomic E-state index is -1.84. The summed E-state index contributed by atoms with van der Waals surface area (Å²) in [6.07, 6.45) is -1.08. The Morgan fingerprint density at radius 1 is 1.09 bits per heavy atom. The van der Waals surface area contributed by atoms with Crippen molar-refractivity contribution in [2.24, 2.45) is 5.73 Å². The van der Waals surface area contributed by atoms with Gasteiger partial charge in [-0.25, -0.2) is 0 Å². The number of thioether (sulfide) groups is 1. The second kappa shape index (κ2) is 18.1. The number of amides is 7. The number of hydrogen-bond acceptors (Lipinski definition) is 11. The number of carbonyl (C=O) groups excluding carboxylic acids is 7. The summed E-state index contributed by atoms with van der Waals surface area (Å²) < 4.78 is 0. The highest BCUT2D eigenvalue weighted by molar-refractivity contribution is 7.99. The summed E-state index contributed by atoms with van der Waals surface area (Å²) >= 11 is 1.17. The summed E-state index contributed by atoms with van der Waals surface area (Å²) in [5, 5.41) is 44.4. The molecule has 1 unspecified atom stereocenters. The van der Waals surface area contributed by atoms with Gasteiger partial charge in [-0.3, -0.25) is 33.6 Å². The summed E-state index contributed by atoms with van der Waals surface area (Å²) in [7, 11) is 0. The zero-order valence-electron chi connectivity index (χ0n) is 30.6. The third-order valence-electron chi connectivity index (χ3n) is 9.32. The SMILES string of the molecule is CC(O)CC(=O)N[C@@H]1CSc2[nH]c3ccccc3c2C[C@@H](C(=O)N[C@@H](C[C@@](C)(O)CO)C(=O)N[C@H](C)C(N)=O)NC(=O)[C@H](C)NC(=O)[C@@H]2CCCN2C1=O. The van der Waals surface area contributed by atoms with Gasteiger partial charge in [0, 0.05) is 36.0 Å². The number of aliphatic hydroxyl groups excluding tert-OH is 2. The van der Waals surface area contributed by atoms with Crippen molar-refractivity contribution >= 4 is 64.0 Å². The molecule has 2 aliphatic rings. The van der Waals surface area contributed by atoms with Gasteiger partial charge in [-0.05, 0) is 52.2 Å². The summed E-state index contributed by atoms with van der Waals surface area (Å²) in [6, 6.07) is -0.142. The molecule has 54 heavy (non-hydrogen) atoms. The van der Waals surface area contributed by atoms with E-state index in [0.29, 0.717) is 34.3 Å². The number of fused-ring (bicyclic) bond motifs is 4. The Hall–Kier alpha value is -4.72. The number of rotatable bonds is 11. The Labute approximate surface area is 316 Å². The Balaban J connectivity index is 1.77. The lowest BCUT2D eigenvalue weighted by Gasteiger charge is -2.30. The molecule has 2 aliphatic heterocycles. The van der Waals surface area contributed by atoms with Gasteiger partial charge < -0.3 is 57.5 Å². The molecule has 0 aliphatic carbocycles. The van der Waals surface area contributed by atoms with Gasteiger partial charge in [0.2, 0.25) is 41.4 Å². The zero-order valence-corrected chi connectivity index (χ0v) is 31.5. The molecular formula is C35H50N8O10S. The van der Waals surface area contributed by atoms with Gasteiger partial charge in [0.05, 0.1) is 29.8 Å². The summed E-state index contributed by atoms with van der Waals surface area (Å²) in [4.78, 5) is 97.9. The molecule has 1 aromatic heterocycles. The van der Waals surface area contributed by atoms with Crippen molar-refractivity contribution < 1.29 is 48.9 Å². The fourth-order valence-corrected chi connectivity index (χ4v) is 7.43. The van der Waals surface area contributed by atoms with E-state index in [1.807, 2.05) is 0 Å². The van der Waals surface area contributed by atoms with E-state index in [1.165, 1.54) is 44.4 Å². The number of aliphatic hydroxyl groups is 3. The van der Waals surface area contributed by atoms with Crippen molar-refractivity contribution in [2.45, 2.75) is 113 Å². The van der Waals surface area contributed by atoms with Gasteiger partial charge >= 0.3 is 0 Å². The molecule has 7 amide bonds. The third-order valence-corrected chi connectivity index (χ3v) is 10.5. The molecule has 2 aromatic rings. The molecule has 1 saturated heterocycles. The number of H-pyrrole nitrogens is 1. The van der Waals surface area contributed by atoms with Gasteiger partial charge in [0.1, 0.15) is 36.3 Å². The summed E-state index contributed by atoms with van der Waals surface area (Å²) in [5.74, 6) is -5.05. The highest BCUT2D eigenvalue weighted by Gasteiger charge is 2.40. The van der Waals surface area contributed by atoms with E-state index in [-0.39, 0.29) is 25.1 Å². The Bertz CT molecular complexity index is 1750. The first-order chi connectivity index (χ1) is 25.4. The van der Waals surface area contributed by atoms with Crippen molar-refractivity contribution in [3.63, 3.8) is 0 Å². The van der Waals surface area contributed by atoms with Gasteiger partial charge in [-0.1, -0.05) is 18.2 Å². The predicted molar refractivity (Wildman–Crippen MR) is 196 cm³/mol. The van der Waals surface area contributed by atoms with Crippen LogP contribution >= 0.6 is 11.8 Å². The smallest absolute Gasteiger partial charge is 0.246 e. The highest BCUT2D eigenvalue weighted by atomic mass is 32.2. The van der Waals surface area contributed by atoms with Crippen LogP contribution in [0.15, 0.2) is 29.3 Å². The number of nitrogens with zero attached hydrogens (tertiary/aromatic N) is 1. The van der Waals surface area contributed by atoms with Crippen LogP contribution in [0.25, 0.3) is 10.9 Å². The quantitative estimate of drug-likeness (QED) is 0.115. The lowest BCUT2D eigenvalue weighted by atomic mass is 9.96. The topological polar surface area (TPSA) is 285 Å². The maximum atomic E-state index is 14.2. The van der Waals surface area contributed by atoms with Crippen LogP contribution in [0.1, 0.15) is 58.9 Å². The number of aromatic amines is 1. The van der Waals surface area contributed by atoms with E-state index in [9.17, 15) is 48.9 Å². The average Bonchev–Trinajstić information content (AvgIpc) is 3.73. The van der Waals surface area contributed by atoms with Crippen LogP contribution in [-0.4, -0.2) is 133 Å². The van der Waals surface area contributed by atoms with E-state index < -0.39 is 102 Å². The second-order valence-corrected chi connectivity index (χ2v) is 15.2. The van der Waals surface area contributed by atoms with Gasteiger partial charge in [-0.2, -0.15) is 0 Å². The molecule has 4 rings (SSSR count). The minimum absolute atomic E-state index is 0.00873. The molecular weight excluding hydrogens is 724 g/mol. The molecule has 0 spiro atoms. The maximum absolute atomic E-state index is 14.2. The van der Waals surface area contributed by atoms with Crippen LogP contribution in [-0.2, 0) is 40.0 Å². The molecule has 0 saturated carbocycles. The van der Waals surface area contributed by atoms with Gasteiger partial charge in [0.25, 0.3) is 0 Å². The standard InChI is InChI=1S/C35H50N8O10S/c1-17(45)12-27(46)39-25-15-54-33-21(20-8-5-6-9-22(20)42-33)13-23(40-29(48)19(3)38-32(51)26-10-7-11-43(26)34(25)52)30(49)41-24(14-35(4,53)16-44)31(50)37-18(2)28(36)47/h5-6,8-9,17-19,23-26,42,44-45,53H,7,10-16H2,1-4H3,(H2,36,47)(H,37,50)(H,38,51)(H,39,46)(H,40,48)(H,41,49)/t17?,18-,19+,23+,24+,25-,26+,35-/m1/s1. The maximum Gasteiger partial charge on any atom is 0.246 e. The number of hydrogen-bond donors (Lipinski definition) is 10. The Morgan fingerprint density at radius 2 is 1.80 bits per heavy atom.